The topological polar surface area (TPSA) is 58.6 Å². The second-order valence-corrected chi connectivity index (χ2v) is 7.11. The quantitative estimate of drug-likeness (QED) is 0.866. The number of nitrogens with zero attached hydrogens (tertiary/aromatic N) is 1. The Balaban J connectivity index is 2.33. The van der Waals surface area contributed by atoms with E-state index in [1.807, 2.05) is 7.05 Å². The fourth-order valence-electron chi connectivity index (χ4n) is 2.36. The van der Waals surface area contributed by atoms with Crippen molar-refractivity contribution in [2.75, 3.05) is 21.2 Å². The molecule has 0 spiro atoms. The molecule has 1 aromatic carbocycles. The molecule has 2 rings (SSSR count). The van der Waals surface area contributed by atoms with E-state index < -0.39 is 10.0 Å². The third-order valence-corrected chi connectivity index (χ3v) is 5.79. The van der Waals surface area contributed by atoms with Gasteiger partial charge in [-0.3, -0.25) is 0 Å². The minimum absolute atomic E-state index is 0.148. The molecule has 0 radical (unpaired) electrons. The first-order chi connectivity index (χ1) is 9.50. The van der Waals surface area contributed by atoms with Crippen LogP contribution < -0.4 is 10.1 Å². The van der Waals surface area contributed by atoms with Crippen molar-refractivity contribution in [1.29, 1.82) is 0 Å². The number of rotatable bonds is 6. The molecule has 0 saturated heterocycles. The van der Waals surface area contributed by atoms with Gasteiger partial charge < -0.3 is 10.1 Å². The molecule has 0 aliphatic heterocycles. The van der Waals surface area contributed by atoms with Crippen LogP contribution in [0.15, 0.2) is 23.1 Å². The summed E-state index contributed by atoms with van der Waals surface area (Å²) in [6.07, 6.45) is 3.02. The molecule has 0 amide bonds. The molecule has 0 bridgehead atoms. The van der Waals surface area contributed by atoms with Crippen molar-refractivity contribution in [1.82, 2.24) is 9.62 Å². The van der Waals surface area contributed by atoms with Crippen molar-refractivity contribution in [3.8, 4) is 5.75 Å². The largest absolute Gasteiger partial charge is 0.496 e. The van der Waals surface area contributed by atoms with Crippen LogP contribution in [0.5, 0.6) is 5.75 Å². The number of benzene rings is 1. The van der Waals surface area contributed by atoms with Crippen molar-refractivity contribution >= 4 is 10.0 Å². The van der Waals surface area contributed by atoms with Crippen LogP contribution in [0.2, 0.25) is 0 Å². The SMILES string of the molecule is CNCc1cc(S(=O)(=O)N(C)C2CCC2)ccc1OC. The summed E-state index contributed by atoms with van der Waals surface area (Å²) >= 11 is 0. The van der Waals surface area contributed by atoms with Gasteiger partial charge in [0, 0.05) is 25.2 Å². The number of hydrogen-bond acceptors (Lipinski definition) is 4. The molecule has 0 heterocycles. The summed E-state index contributed by atoms with van der Waals surface area (Å²) in [6, 6.07) is 5.17. The Morgan fingerprint density at radius 2 is 2.10 bits per heavy atom. The summed E-state index contributed by atoms with van der Waals surface area (Å²) in [7, 11) is 1.66. The molecule has 1 aliphatic rings. The van der Waals surface area contributed by atoms with Gasteiger partial charge in [-0.1, -0.05) is 6.42 Å². The Bertz CT molecular complexity index is 568. The van der Waals surface area contributed by atoms with Gasteiger partial charge in [0.15, 0.2) is 0 Å². The molecular formula is C14H22N2O3S. The second-order valence-electron chi connectivity index (χ2n) is 5.11. The van der Waals surface area contributed by atoms with Crippen molar-refractivity contribution in [2.24, 2.45) is 0 Å². The molecule has 1 aromatic rings. The lowest BCUT2D eigenvalue weighted by Crippen LogP contribution is -2.41. The highest BCUT2D eigenvalue weighted by Crippen LogP contribution is 2.30. The maximum absolute atomic E-state index is 12.6. The first-order valence-electron chi connectivity index (χ1n) is 6.80. The maximum Gasteiger partial charge on any atom is 0.243 e. The first-order valence-corrected chi connectivity index (χ1v) is 8.24. The van der Waals surface area contributed by atoms with E-state index >= 15 is 0 Å². The fraction of sp³-hybridized carbons (Fsp3) is 0.571. The van der Waals surface area contributed by atoms with E-state index in [0.29, 0.717) is 17.2 Å². The minimum atomic E-state index is -3.41. The van der Waals surface area contributed by atoms with Crippen molar-refractivity contribution in [3.05, 3.63) is 23.8 Å². The van der Waals surface area contributed by atoms with E-state index in [0.717, 1.165) is 24.8 Å². The predicted molar refractivity (Wildman–Crippen MR) is 78.3 cm³/mol. The molecule has 1 N–H and O–H groups in total. The van der Waals surface area contributed by atoms with Gasteiger partial charge in [0.25, 0.3) is 0 Å². The highest BCUT2D eigenvalue weighted by Gasteiger charge is 2.32. The average Bonchev–Trinajstić information content (AvgIpc) is 2.37. The van der Waals surface area contributed by atoms with Crippen LogP contribution in [0.1, 0.15) is 24.8 Å². The molecule has 5 nitrogen and oxygen atoms in total. The molecule has 1 aliphatic carbocycles. The van der Waals surface area contributed by atoms with Crippen LogP contribution in [0, 0.1) is 0 Å². The van der Waals surface area contributed by atoms with Gasteiger partial charge in [-0.15, -0.1) is 0 Å². The highest BCUT2D eigenvalue weighted by atomic mass is 32.2. The summed E-state index contributed by atoms with van der Waals surface area (Å²) in [5, 5.41) is 3.02. The van der Waals surface area contributed by atoms with E-state index in [2.05, 4.69) is 5.32 Å². The molecule has 6 heteroatoms. The summed E-state index contributed by atoms with van der Waals surface area (Å²) < 4.78 is 31.9. The van der Waals surface area contributed by atoms with Crippen molar-refractivity contribution in [3.63, 3.8) is 0 Å². The van der Waals surface area contributed by atoms with Gasteiger partial charge in [0.05, 0.1) is 12.0 Å². The normalized spacial score (nSPS) is 16.2. The van der Waals surface area contributed by atoms with Gasteiger partial charge in [-0.2, -0.15) is 4.31 Å². The minimum Gasteiger partial charge on any atom is -0.496 e. The second kappa shape index (κ2) is 6.11. The molecule has 112 valence electrons. The summed E-state index contributed by atoms with van der Waals surface area (Å²) in [4.78, 5) is 0.331. The summed E-state index contributed by atoms with van der Waals surface area (Å²) in [5.41, 5.74) is 0.845. The monoisotopic (exact) mass is 298 g/mol. The van der Waals surface area contributed by atoms with E-state index in [9.17, 15) is 8.42 Å². The fourth-order valence-corrected chi connectivity index (χ4v) is 3.82. The Hall–Kier alpha value is -1.11. The molecule has 20 heavy (non-hydrogen) atoms. The third-order valence-electron chi connectivity index (χ3n) is 3.88. The molecule has 1 saturated carbocycles. The number of hydrogen-bond donors (Lipinski definition) is 1. The van der Waals surface area contributed by atoms with Gasteiger partial charge in [0.1, 0.15) is 5.75 Å². The Morgan fingerprint density at radius 1 is 1.40 bits per heavy atom. The zero-order valence-electron chi connectivity index (χ0n) is 12.2. The van der Waals surface area contributed by atoms with Crippen LogP contribution in [0.25, 0.3) is 0 Å². The van der Waals surface area contributed by atoms with Crippen LogP contribution in [0.3, 0.4) is 0 Å². The predicted octanol–water partition coefficient (Wildman–Crippen LogP) is 1.59. The molecule has 0 aromatic heterocycles. The zero-order valence-corrected chi connectivity index (χ0v) is 13.0. The van der Waals surface area contributed by atoms with Crippen LogP contribution in [-0.4, -0.2) is 40.0 Å². The van der Waals surface area contributed by atoms with Gasteiger partial charge >= 0.3 is 0 Å². The van der Waals surface area contributed by atoms with E-state index in [4.69, 9.17) is 4.74 Å². The highest BCUT2D eigenvalue weighted by molar-refractivity contribution is 7.89. The van der Waals surface area contributed by atoms with Gasteiger partial charge in [-0.25, -0.2) is 8.42 Å². The average molecular weight is 298 g/mol. The zero-order chi connectivity index (χ0) is 14.8. The lowest BCUT2D eigenvalue weighted by Gasteiger charge is -2.33. The van der Waals surface area contributed by atoms with Crippen LogP contribution in [-0.2, 0) is 16.6 Å². The number of ether oxygens (including phenoxy) is 1. The standard InChI is InChI=1S/C14H22N2O3S/c1-15-10-11-9-13(7-8-14(11)19-3)20(17,18)16(2)12-5-4-6-12/h7-9,12,15H,4-6,10H2,1-3H3. The van der Waals surface area contributed by atoms with E-state index in [1.54, 1.807) is 32.4 Å². The lowest BCUT2D eigenvalue weighted by atomic mass is 9.94. The third kappa shape index (κ3) is 2.82. The van der Waals surface area contributed by atoms with Crippen LogP contribution in [0.4, 0.5) is 0 Å². The van der Waals surface area contributed by atoms with E-state index in [-0.39, 0.29) is 6.04 Å². The molecular weight excluding hydrogens is 276 g/mol. The lowest BCUT2D eigenvalue weighted by molar-refractivity contribution is 0.249. The summed E-state index contributed by atoms with van der Waals surface area (Å²) in [5.74, 6) is 0.699. The van der Waals surface area contributed by atoms with Crippen LogP contribution >= 0.6 is 0 Å². The Morgan fingerprint density at radius 3 is 2.60 bits per heavy atom. The van der Waals surface area contributed by atoms with Crippen molar-refractivity contribution < 1.29 is 13.2 Å². The Kier molecular flexibility index (Phi) is 4.67. The van der Waals surface area contributed by atoms with Crippen molar-refractivity contribution in [2.45, 2.75) is 36.7 Å². The number of sulfonamides is 1. The smallest absolute Gasteiger partial charge is 0.243 e. The first kappa shape index (κ1) is 15.3. The summed E-state index contributed by atoms with van der Waals surface area (Å²) in [6.45, 7) is 0.569. The van der Waals surface area contributed by atoms with E-state index in [1.165, 1.54) is 4.31 Å². The number of methoxy groups -OCH3 is 1. The molecule has 0 unspecified atom stereocenters. The molecule has 0 atom stereocenters. The molecule has 1 fully saturated rings. The van der Waals surface area contributed by atoms with Gasteiger partial charge in [0.2, 0.25) is 10.0 Å². The number of nitrogens with one attached hydrogen (secondary N) is 1. The Labute approximate surface area is 121 Å². The maximum atomic E-state index is 12.6. The van der Waals surface area contributed by atoms with Gasteiger partial charge in [-0.05, 0) is 38.1 Å².